The maximum absolute atomic E-state index is 11.7. The lowest BCUT2D eigenvalue weighted by Crippen LogP contribution is -2.59. The first-order valence-corrected chi connectivity index (χ1v) is 9.74. The molecule has 0 spiro atoms. The zero-order valence-electron chi connectivity index (χ0n) is 16.0. The van der Waals surface area contributed by atoms with Gasteiger partial charge in [-0.05, 0) is 18.2 Å². The Morgan fingerprint density at radius 2 is 1.77 bits per heavy atom. The fourth-order valence-electron chi connectivity index (χ4n) is 4.30. The van der Waals surface area contributed by atoms with Crippen molar-refractivity contribution in [3.8, 4) is 5.75 Å². The molecule has 10 nitrogen and oxygen atoms in total. The second-order valence-electron chi connectivity index (χ2n) is 7.85. The van der Waals surface area contributed by atoms with Gasteiger partial charge in [-0.3, -0.25) is 0 Å². The molecule has 4 heterocycles. The van der Waals surface area contributed by atoms with Gasteiger partial charge < -0.3 is 43.8 Å². The molecule has 162 valence electrons. The summed E-state index contributed by atoms with van der Waals surface area (Å²) in [5, 5.41) is 40.2. The second kappa shape index (κ2) is 7.27. The van der Waals surface area contributed by atoms with E-state index in [2.05, 4.69) is 0 Å². The molecule has 0 radical (unpaired) electrons. The summed E-state index contributed by atoms with van der Waals surface area (Å²) in [6.45, 7) is 1.28. The van der Waals surface area contributed by atoms with Gasteiger partial charge in [0.2, 0.25) is 0 Å². The van der Waals surface area contributed by atoms with Crippen LogP contribution < -0.4 is 10.4 Å². The van der Waals surface area contributed by atoms with Crippen molar-refractivity contribution in [3.05, 3.63) is 40.2 Å². The SMILES string of the molecule is C[C@H]1[C@H](O[C@@H]2O[C@H](CO)[C@@H](O)[C@H](O)[C@H]2O)O[C@@H]2c3c(ccc4ccc(=O)oc34)O[C@H]12. The Morgan fingerprint density at radius 1 is 1.00 bits per heavy atom. The Morgan fingerprint density at radius 3 is 2.53 bits per heavy atom. The van der Waals surface area contributed by atoms with Crippen LogP contribution in [0.2, 0.25) is 0 Å². The van der Waals surface area contributed by atoms with E-state index in [4.69, 9.17) is 23.4 Å². The summed E-state index contributed by atoms with van der Waals surface area (Å²) >= 11 is 0. The molecule has 1 aromatic carbocycles. The fourth-order valence-corrected chi connectivity index (χ4v) is 4.30. The Bertz CT molecular complexity index is 1000. The van der Waals surface area contributed by atoms with Gasteiger partial charge in [-0.1, -0.05) is 6.92 Å². The van der Waals surface area contributed by atoms with Crippen LogP contribution in [0.4, 0.5) is 0 Å². The van der Waals surface area contributed by atoms with E-state index in [1.807, 2.05) is 6.92 Å². The summed E-state index contributed by atoms with van der Waals surface area (Å²) in [6, 6.07) is 6.59. The van der Waals surface area contributed by atoms with Crippen molar-refractivity contribution in [3.63, 3.8) is 0 Å². The molecular weight excluding hydrogens is 400 g/mol. The summed E-state index contributed by atoms with van der Waals surface area (Å²) in [7, 11) is 0. The molecule has 10 heteroatoms. The highest BCUT2D eigenvalue weighted by molar-refractivity contribution is 5.83. The van der Waals surface area contributed by atoms with Crippen molar-refractivity contribution in [1.82, 2.24) is 0 Å². The molecule has 0 aliphatic carbocycles. The van der Waals surface area contributed by atoms with Crippen LogP contribution in [0.15, 0.2) is 33.5 Å². The number of hydrogen-bond acceptors (Lipinski definition) is 10. The highest BCUT2D eigenvalue weighted by Gasteiger charge is 2.53. The van der Waals surface area contributed by atoms with E-state index in [0.29, 0.717) is 16.9 Å². The van der Waals surface area contributed by atoms with Crippen LogP contribution in [-0.4, -0.2) is 70.1 Å². The number of aliphatic hydroxyl groups is 4. The third kappa shape index (κ3) is 2.95. The molecule has 3 aliphatic heterocycles. The monoisotopic (exact) mass is 422 g/mol. The number of ether oxygens (including phenoxy) is 4. The van der Waals surface area contributed by atoms with Crippen molar-refractivity contribution < 1.29 is 43.8 Å². The van der Waals surface area contributed by atoms with E-state index in [1.165, 1.54) is 6.07 Å². The molecule has 0 unspecified atom stereocenters. The lowest BCUT2D eigenvalue weighted by Gasteiger charge is -2.40. The molecule has 9 atom stereocenters. The molecule has 5 rings (SSSR count). The van der Waals surface area contributed by atoms with Gasteiger partial charge in [-0.2, -0.15) is 0 Å². The maximum Gasteiger partial charge on any atom is 0.336 e. The molecule has 2 aromatic rings. The van der Waals surface area contributed by atoms with Gasteiger partial charge in [0, 0.05) is 17.4 Å². The second-order valence-corrected chi connectivity index (χ2v) is 7.85. The molecule has 4 N–H and O–H groups in total. The van der Waals surface area contributed by atoms with Gasteiger partial charge in [-0.15, -0.1) is 0 Å². The molecule has 0 bridgehead atoms. The van der Waals surface area contributed by atoms with E-state index in [-0.39, 0.29) is 5.92 Å². The highest BCUT2D eigenvalue weighted by atomic mass is 16.8. The van der Waals surface area contributed by atoms with Gasteiger partial charge in [-0.25, -0.2) is 4.79 Å². The summed E-state index contributed by atoms with van der Waals surface area (Å²) in [5.74, 6) is 0.255. The normalized spacial score (nSPS) is 40.2. The molecule has 30 heavy (non-hydrogen) atoms. The topological polar surface area (TPSA) is 148 Å². The van der Waals surface area contributed by atoms with E-state index < -0.39 is 61.4 Å². The van der Waals surface area contributed by atoms with Crippen molar-refractivity contribution in [1.29, 1.82) is 0 Å². The zero-order chi connectivity index (χ0) is 21.2. The maximum atomic E-state index is 11.7. The summed E-state index contributed by atoms with van der Waals surface area (Å²) in [5.41, 5.74) is 0.509. The van der Waals surface area contributed by atoms with Crippen molar-refractivity contribution in [2.75, 3.05) is 6.61 Å². The first-order valence-electron chi connectivity index (χ1n) is 9.74. The molecule has 0 amide bonds. The van der Waals surface area contributed by atoms with Crippen molar-refractivity contribution in [2.45, 2.75) is 56.1 Å². The van der Waals surface area contributed by atoms with Crippen LogP contribution in [0.5, 0.6) is 5.75 Å². The fraction of sp³-hybridized carbons (Fsp3) is 0.550. The minimum absolute atomic E-state index is 0.305. The summed E-state index contributed by atoms with van der Waals surface area (Å²) < 4.78 is 28.6. The molecule has 3 aliphatic rings. The summed E-state index contributed by atoms with van der Waals surface area (Å²) in [6.07, 6.45) is -8.84. The van der Waals surface area contributed by atoms with Gasteiger partial charge >= 0.3 is 5.63 Å². The van der Waals surface area contributed by atoms with Crippen molar-refractivity contribution >= 4 is 11.0 Å². The van der Waals surface area contributed by atoms with Gasteiger partial charge in [0.15, 0.2) is 12.6 Å². The number of benzene rings is 1. The number of rotatable bonds is 3. The zero-order valence-corrected chi connectivity index (χ0v) is 16.0. The van der Waals surface area contributed by atoms with Crippen LogP contribution in [0, 0.1) is 5.92 Å². The summed E-state index contributed by atoms with van der Waals surface area (Å²) in [4.78, 5) is 11.7. The minimum atomic E-state index is -1.55. The van der Waals surface area contributed by atoms with Crippen LogP contribution in [0.3, 0.4) is 0 Å². The quantitative estimate of drug-likeness (QED) is 0.473. The molecule has 2 fully saturated rings. The third-order valence-corrected chi connectivity index (χ3v) is 5.98. The standard InChI is InChI=1S/C20H22O10/c1-7-16-18(12-9(26-16)4-2-8-3-5-11(22)28-17(8)12)29-19(7)30-20-15(25)14(24)13(23)10(6-21)27-20/h2-5,7,10,13-16,18-21,23-25H,6H2,1H3/t7-,10-,13-,14+,15-,16-,18-,19+,20+/m1/s1. The number of aliphatic hydroxyl groups excluding tert-OH is 4. The van der Waals surface area contributed by atoms with E-state index in [1.54, 1.807) is 18.2 Å². The van der Waals surface area contributed by atoms with Crippen LogP contribution >= 0.6 is 0 Å². The molecule has 0 saturated carbocycles. The van der Waals surface area contributed by atoms with E-state index in [9.17, 15) is 25.2 Å². The minimum Gasteiger partial charge on any atom is -0.486 e. The molecule has 2 saturated heterocycles. The predicted molar refractivity (Wildman–Crippen MR) is 98.5 cm³/mol. The Kier molecular flexibility index (Phi) is 4.82. The first kappa shape index (κ1) is 19.9. The van der Waals surface area contributed by atoms with Crippen LogP contribution in [0.25, 0.3) is 11.0 Å². The Hall–Kier alpha value is -2.05. The van der Waals surface area contributed by atoms with Gasteiger partial charge in [0.1, 0.15) is 48.0 Å². The Labute approximate surface area is 170 Å². The average molecular weight is 422 g/mol. The van der Waals surface area contributed by atoms with Gasteiger partial charge in [0.05, 0.1) is 12.2 Å². The van der Waals surface area contributed by atoms with Crippen LogP contribution in [0.1, 0.15) is 18.6 Å². The predicted octanol–water partition coefficient (Wildman–Crippen LogP) is -0.596. The third-order valence-electron chi connectivity index (χ3n) is 5.98. The Balaban J connectivity index is 1.41. The van der Waals surface area contributed by atoms with Gasteiger partial charge in [0.25, 0.3) is 0 Å². The first-order chi connectivity index (χ1) is 14.4. The van der Waals surface area contributed by atoms with Crippen molar-refractivity contribution in [2.24, 2.45) is 5.92 Å². The smallest absolute Gasteiger partial charge is 0.336 e. The largest absolute Gasteiger partial charge is 0.486 e. The lowest BCUT2D eigenvalue weighted by molar-refractivity contribution is -0.338. The number of fused-ring (bicyclic) bond motifs is 5. The molecular formula is C20H22O10. The lowest BCUT2D eigenvalue weighted by atomic mass is 9.98. The highest BCUT2D eigenvalue weighted by Crippen LogP contribution is 2.51. The molecule has 1 aromatic heterocycles. The average Bonchev–Trinajstić information content (AvgIpc) is 3.25. The van der Waals surface area contributed by atoms with E-state index in [0.717, 1.165) is 5.39 Å². The number of hydrogen-bond donors (Lipinski definition) is 4. The van der Waals surface area contributed by atoms with E-state index >= 15 is 0 Å². The van der Waals surface area contributed by atoms with Crippen LogP contribution in [-0.2, 0) is 14.2 Å².